The lowest BCUT2D eigenvalue weighted by molar-refractivity contribution is -0.140. The van der Waals surface area contributed by atoms with Crippen molar-refractivity contribution in [3.05, 3.63) is 88.9 Å². The quantitative estimate of drug-likeness (QED) is 0.213. The van der Waals surface area contributed by atoms with E-state index in [-0.39, 0.29) is 23.0 Å². The third-order valence-electron chi connectivity index (χ3n) is 6.80. The van der Waals surface area contributed by atoms with Crippen LogP contribution in [0.15, 0.2) is 77.7 Å². The third kappa shape index (κ3) is 8.49. The number of unbranched alkanes of at least 4 members (excludes halogenated alkanes) is 1. The van der Waals surface area contributed by atoms with E-state index in [1.807, 2.05) is 20.8 Å². The predicted molar refractivity (Wildman–Crippen MR) is 167 cm³/mol. The number of amides is 2. The minimum absolute atomic E-state index is 0.0424. The molecule has 0 spiro atoms. The number of para-hydroxylation sites is 2. The summed E-state index contributed by atoms with van der Waals surface area (Å²) in [6.45, 7) is 7.89. The van der Waals surface area contributed by atoms with E-state index in [1.165, 1.54) is 17.0 Å². The van der Waals surface area contributed by atoms with E-state index >= 15 is 0 Å². The number of hydrogen-bond acceptors (Lipinski definition) is 5. The lowest BCUT2D eigenvalue weighted by Crippen LogP contribution is -2.52. The molecule has 3 rings (SSSR count). The normalized spacial score (nSPS) is 11.9. The average Bonchev–Trinajstić information content (AvgIpc) is 2.97. The monoisotopic (exact) mass is 613 g/mol. The van der Waals surface area contributed by atoms with Crippen molar-refractivity contribution in [2.45, 2.75) is 64.4 Å². The van der Waals surface area contributed by atoms with Gasteiger partial charge in [0.2, 0.25) is 11.8 Å². The van der Waals surface area contributed by atoms with Crippen LogP contribution < -0.4 is 14.4 Å². The predicted octanol–water partition coefficient (Wildman–Crippen LogP) is 5.97. The fourth-order valence-electron chi connectivity index (χ4n) is 4.50. The summed E-state index contributed by atoms with van der Waals surface area (Å²) in [6, 6.07) is 19.4. The molecule has 3 aromatic carbocycles. The van der Waals surface area contributed by atoms with E-state index in [0.29, 0.717) is 30.3 Å². The van der Waals surface area contributed by atoms with Gasteiger partial charge in [-0.3, -0.25) is 13.9 Å². The van der Waals surface area contributed by atoms with E-state index in [0.717, 1.165) is 28.3 Å². The second-order valence-electron chi connectivity index (χ2n) is 9.94. The van der Waals surface area contributed by atoms with Crippen molar-refractivity contribution in [2.75, 3.05) is 24.0 Å². The summed E-state index contributed by atoms with van der Waals surface area (Å²) in [5, 5.41) is 3.48. The number of carbonyl (C=O) groups is 2. The molecule has 1 N–H and O–H groups in total. The van der Waals surface area contributed by atoms with Crippen LogP contribution in [0, 0.1) is 6.92 Å². The standard InChI is InChI=1S/C32H40ClN3O5S/c1-5-8-21-34-32(38)28(6-2)35(22-25-15-17-26(33)18-16-25)31(37)23-36(29-11-9-10-12-30(29)41-7-3)42(39,40)27-19-13-24(4)14-20-27/h9-20,28H,5-8,21-23H2,1-4H3,(H,34,38). The zero-order valence-corrected chi connectivity index (χ0v) is 26.2. The number of nitrogens with zero attached hydrogens (tertiary/aromatic N) is 2. The maximum Gasteiger partial charge on any atom is 0.264 e. The second kappa shape index (κ2) is 15.6. The summed E-state index contributed by atoms with van der Waals surface area (Å²) < 4.78 is 35.1. The molecule has 2 amide bonds. The number of anilines is 1. The van der Waals surface area contributed by atoms with Crippen molar-refractivity contribution in [1.29, 1.82) is 0 Å². The summed E-state index contributed by atoms with van der Waals surface area (Å²) in [5.74, 6) is -0.475. The molecular weight excluding hydrogens is 574 g/mol. The largest absolute Gasteiger partial charge is 0.492 e. The fraction of sp³-hybridized carbons (Fsp3) is 0.375. The lowest BCUT2D eigenvalue weighted by atomic mass is 10.1. The highest BCUT2D eigenvalue weighted by Crippen LogP contribution is 2.33. The molecule has 1 unspecified atom stereocenters. The minimum atomic E-state index is -4.20. The average molecular weight is 614 g/mol. The number of ether oxygens (including phenoxy) is 1. The van der Waals surface area contributed by atoms with Crippen LogP contribution in [0.1, 0.15) is 51.2 Å². The van der Waals surface area contributed by atoms with Crippen LogP contribution in [0.25, 0.3) is 0 Å². The first kappa shape index (κ1) is 32.9. The van der Waals surface area contributed by atoms with Gasteiger partial charge < -0.3 is 15.0 Å². The SMILES string of the molecule is CCCCNC(=O)C(CC)N(Cc1ccc(Cl)cc1)C(=O)CN(c1ccccc1OCC)S(=O)(=O)c1ccc(C)cc1. The van der Waals surface area contributed by atoms with Crippen LogP contribution in [0.3, 0.4) is 0 Å². The number of sulfonamides is 1. The number of halogens is 1. The molecule has 0 heterocycles. The van der Waals surface area contributed by atoms with Crippen molar-refractivity contribution in [3.63, 3.8) is 0 Å². The molecule has 226 valence electrons. The molecule has 8 nitrogen and oxygen atoms in total. The van der Waals surface area contributed by atoms with Gasteiger partial charge in [-0.2, -0.15) is 0 Å². The van der Waals surface area contributed by atoms with Gasteiger partial charge in [-0.05, 0) is 68.7 Å². The summed E-state index contributed by atoms with van der Waals surface area (Å²) in [5.41, 5.74) is 1.90. The molecule has 0 saturated carbocycles. The number of carbonyl (C=O) groups excluding carboxylic acids is 2. The Hall–Kier alpha value is -3.56. The Morgan fingerprint density at radius 2 is 1.62 bits per heavy atom. The van der Waals surface area contributed by atoms with Gasteiger partial charge in [0.25, 0.3) is 10.0 Å². The van der Waals surface area contributed by atoms with Crippen LogP contribution in [0.4, 0.5) is 5.69 Å². The lowest BCUT2D eigenvalue weighted by Gasteiger charge is -2.33. The Morgan fingerprint density at radius 3 is 2.24 bits per heavy atom. The minimum Gasteiger partial charge on any atom is -0.492 e. The first-order chi connectivity index (χ1) is 20.1. The van der Waals surface area contributed by atoms with Crippen molar-refractivity contribution in [2.24, 2.45) is 0 Å². The van der Waals surface area contributed by atoms with Gasteiger partial charge in [-0.15, -0.1) is 0 Å². The Balaban J connectivity index is 2.08. The number of rotatable bonds is 15. The smallest absolute Gasteiger partial charge is 0.264 e. The summed E-state index contributed by atoms with van der Waals surface area (Å²) in [4.78, 5) is 29.0. The van der Waals surface area contributed by atoms with E-state index in [1.54, 1.807) is 67.6 Å². The summed E-state index contributed by atoms with van der Waals surface area (Å²) in [7, 11) is -4.20. The van der Waals surface area contributed by atoms with Gasteiger partial charge in [0.05, 0.1) is 17.2 Å². The Morgan fingerprint density at radius 1 is 0.952 bits per heavy atom. The zero-order chi connectivity index (χ0) is 30.7. The molecular formula is C32H40ClN3O5S. The van der Waals surface area contributed by atoms with Crippen LogP contribution in [-0.2, 0) is 26.2 Å². The van der Waals surface area contributed by atoms with E-state index in [4.69, 9.17) is 16.3 Å². The van der Waals surface area contributed by atoms with Crippen LogP contribution >= 0.6 is 11.6 Å². The van der Waals surface area contributed by atoms with E-state index in [2.05, 4.69) is 5.32 Å². The first-order valence-electron chi connectivity index (χ1n) is 14.2. The van der Waals surface area contributed by atoms with Crippen molar-refractivity contribution >= 4 is 39.1 Å². The fourth-order valence-corrected chi connectivity index (χ4v) is 6.05. The molecule has 0 aliphatic rings. The molecule has 0 aliphatic carbocycles. The maximum atomic E-state index is 14.2. The Bertz CT molecular complexity index is 1430. The van der Waals surface area contributed by atoms with Gasteiger partial charge >= 0.3 is 0 Å². The maximum absolute atomic E-state index is 14.2. The Kier molecular flexibility index (Phi) is 12.2. The first-order valence-corrected chi connectivity index (χ1v) is 16.1. The number of nitrogens with one attached hydrogen (secondary N) is 1. The van der Waals surface area contributed by atoms with Crippen molar-refractivity contribution in [3.8, 4) is 5.75 Å². The summed E-state index contributed by atoms with van der Waals surface area (Å²) >= 11 is 6.09. The van der Waals surface area contributed by atoms with Crippen LogP contribution in [-0.4, -0.2) is 50.9 Å². The Labute approximate surface area is 254 Å². The molecule has 1 atom stereocenters. The van der Waals surface area contributed by atoms with Crippen molar-refractivity contribution < 1.29 is 22.7 Å². The van der Waals surface area contributed by atoms with Crippen molar-refractivity contribution in [1.82, 2.24) is 10.2 Å². The summed E-state index contributed by atoms with van der Waals surface area (Å²) in [6.07, 6.45) is 2.07. The van der Waals surface area contributed by atoms with Gasteiger partial charge in [-0.25, -0.2) is 8.42 Å². The van der Waals surface area contributed by atoms with E-state index < -0.39 is 28.5 Å². The molecule has 10 heteroatoms. The molecule has 0 radical (unpaired) electrons. The van der Waals surface area contributed by atoms with Gasteiger partial charge in [0.15, 0.2) is 0 Å². The molecule has 0 aliphatic heterocycles. The molecule has 0 saturated heterocycles. The molecule has 3 aromatic rings. The van der Waals surface area contributed by atoms with Crippen LogP contribution in [0.5, 0.6) is 5.75 Å². The zero-order valence-electron chi connectivity index (χ0n) is 24.7. The number of hydrogen-bond donors (Lipinski definition) is 1. The molecule has 0 bridgehead atoms. The second-order valence-corrected chi connectivity index (χ2v) is 12.2. The highest BCUT2D eigenvalue weighted by molar-refractivity contribution is 7.92. The highest BCUT2D eigenvalue weighted by Gasteiger charge is 2.34. The third-order valence-corrected chi connectivity index (χ3v) is 8.83. The van der Waals surface area contributed by atoms with Crippen LogP contribution in [0.2, 0.25) is 5.02 Å². The van der Waals surface area contributed by atoms with Gasteiger partial charge in [-0.1, -0.05) is 73.8 Å². The number of benzene rings is 3. The van der Waals surface area contributed by atoms with Gasteiger partial charge in [0.1, 0.15) is 18.3 Å². The number of aryl methyl sites for hydroxylation is 1. The van der Waals surface area contributed by atoms with E-state index in [9.17, 15) is 18.0 Å². The van der Waals surface area contributed by atoms with Gasteiger partial charge in [0, 0.05) is 18.1 Å². The topological polar surface area (TPSA) is 96.0 Å². The molecule has 0 fully saturated rings. The molecule has 42 heavy (non-hydrogen) atoms. The highest BCUT2D eigenvalue weighted by atomic mass is 35.5. The molecule has 0 aromatic heterocycles.